The van der Waals surface area contributed by atoms with Gasteiger partial charge in [0.2, 0.25) is 0 Å². The van der Waals surface area contributed by atoms with Crippen molar-refractivity contribution in [1.82, 2.24) is 20.1 Å². The summed E-state index contributed by atoms with van der Waals surface area (Å²) in [5.74, 6) is 1.16. The average molecular weight is 273 g/mol. The van der Waals surface area contributed by atoms with E-state index in [0.29, 0.717) is 0 Å². The van der Waals surface area contributed by atoms with Crippen molar-refractivity contribution < 1.29 is 0 Å². The van der Waals surface area contributed by atoms with Crippen LogP contribution in [0.15, 0.2) is 24.5 Å². The number of nitrogens with one attached hydrogen (secondary N) is 1. The highest BCUT2D eigenvalue weighted by atomic mass is 15.4. The first-order chi connectivity index (χ1) is 9.63. The fraction of sp³-hybridized carbons (Fsp3) is 0.467. The Balaban J connectivity index is 2.22. The van der Waals surface area contributed by atoms with Gasteiger partial charge in [0.15, 0.2) is 0 Å². The molecule has 2 aromatic heterocycles. The van der Waals surface area contributed by atoms with E-state index in [9.17, 15) is 0 Å². The lowest BCUT2D eigenvalue weighted by Crippen LogP contribution is -2.22. The van der Waals surface area contributed by atoms with Gasteiger partial charge in [-0.1, -0.05) is 13.0 Å². The summed E-state index contributed by atoms with van der Waals surface area (Å²) >= 11 is 0. The molecule has 20 heavy (non-hydrogen) atoms. The first-order valence-corrected chi connectivity index (χ1v) is 6.96. The monoisotopic (exact) mass is 273 g/mol. The second-order valence-corrected chi connectivity index (χ2v) is 5.01. The molecule has 0 radical (unpaired) electrons. The van der Waals surface area contributed by atoms with Crippen LogP contribution >= 0.6 is 0 Å². The van der Waals surface area contributed by atoms with Gasteiger partial charge in [-0.15, -0.1) is 0 Å². The molecule has 0 aliphatic heterocycles. The van der Waals surface area contributed by atoms with E-state index in [1.807, 2.05) is 24.0 Å². The van der Waals surface area contributed by atoms with E-state index in [1.54, 1.807) is 6.20 Å². The van der Waals surface area contributed by atoms with Crippen molar-refractivity contribution in [2.45, 2.75) is 26.9 Å². The maximum absolute atomic E-state index is 4.55. The zero-order valence-electron chi connectivity index (χ0n) is 12.7. The number of rotatable bonds is 6. The summed E-state index contributed by atoms with van der Waals surface area (Å²) in [7, 11) is 4.09. The summed E-state index contributed by atoms with van der Waals surface area (Å²) in [6, 6.07) is 4.06. The van der Waals surface area contributed by atoms with E-state index < -0.39 is 0 Å². The topological polar surface area (TPSA) is 46.0 Å². The molecule has 108 valence electrons. The van der Waals surface area contributed by atoms with Gasteiger partial charge in [0.05, 0.1) is 5.69 Å². The van der Waals surface area contributed by atoms with Gasteiger partial charge in [0.25, 0.3) is 0 Å². The standard InChI is InChI=1S/C15H23N5/c1-5-16-10-14-12(2)18-20(4)15(14)19(3)11-13-7-6-8-17-9-13/h6-9,16H,5,10-11H2,1-4H3. The molecule has 0 bridgehead atoms. The second-order valence-electron chi connectivity index (χ2n) is 5.01. The number of anilines is 1. The highest BCUT2D eigenvalue weighted by Crippen LogP contribution is 2.23. The van der Waals surface area contributed by atoms with Gasteiger partial charge >= 0.3 is 0 Å². The van der Waals surface area contributed by atoms with Crippen LogP contribution in [-0.4, -0.2) is 28.4 Å². The van der Waals surface area contributed by atoms with Gasteiger partial charge in [0.1, 0.15) is 5.82 Å². The Morgan fingerprint density at radius 2 is 2.20 bits per heavy atom. The molecule has 2 aromatic rings. The van der Waals surface area contributed by atoms with Crippen LogP contribution < -0.4 is 10.2 Å². The van der Waals surface area contributed by atoms with Gasteiger partial charge in [-0.3, -0.25) is 9.67 Å². The van der Waals surface area contributed by atoms with E-state index in [4.69, 9.17) is 0 Å². The maximum Gasteiger partial charge on any atom is 0.131 e. The van der Waals surface area contributed by atoms with Crippen molar-refractivity contribution in [1.29, 1.82) is 0 Å². The van der Waals surface area contributed by atoms with Gasteiger partial charge in [-0.05, 0) is 25.1 Å². The third-order valence-electron chi connectivity index (χ3n) is 3.37. The summed E-state index contributed by atoms with van der Waals surface area (Å²) in [6.07, 6.45) is 3.71. The molecular weight excluding hydrogens is 250 g/mol. The van der Waals surface area contributed by atoms with Crippen LogP contribution in [0, 0.1) is 6.92 Å². The molecule has 0 saturated carbocycles. The minimum absolute atomic E-state index is 0.825. The lowest BCUT2D eigenvalue weighted by atomic mass is 10.2. The molecule has 0 spiro atoms. The van der Waals surface area contributed by atoms with E-state index in [2.05, 4.69) is 47.3 Å². The zero-order chi connectivity index (χ0) is 14.5. The summed E-state index contributed by atoms with van der Waals surface area (Å²) < 4.78 is 1.96. The molecule has 0 saturated heterocycles. The molecule has 0 unspecified atom stereocenters. The molecule has 0 fully saturated rings. The van der Waals surface area contributed by atoms with Crippen molar-refractivity contribution in [3.05, 3.63) is 41.3 Å². The minimum atomic E-state index is 0.825. The number of aromatic nitrogens is 3. The van der Waals surface area contributed by atoms with Crippen LogP contribution in [0.4, 0.5) is 5.82 Å². The van der Waals surface area contributed by atoms with Crippen molar-refractivity contribution in [2.75, 3.05) is 18.5 Å². The molecule has 5 nitrogen and oxygen atoms in total. The van der Waals surface area contributed by atoms with E-state index >= 15 is 0 Å². The Kier molecular flexibility index (Phi) is 4.74. The van der Waals surface area contributed by atoms with E-state index in [0.717, 1.165) is 31.1 Å². The lowest BCUT2D eigenvalue weighted by molar-refractivity contribution is 0.709. The Labute approximate surface area is 120 Å². The molecule has 2 heterocycles. The van der Waals surface area contributed by atoms with Gasteiger partial charge in [0, 0.05) is 45.1 Å². The van der Waals surface area contributed by atoms with Crippen LogP contribution in [0.5, 0.6) is 0 Å². The largest absolute Gasteiger partial charge is 0.355 e. The Bertz CT molecular complexity index is 547. The van der Waals surface area contributed by atoms with Crippen LogP contribution in [0.3, 0.4) is 0 Å². The summed E-state index contributed by atoms with van der Waals surface area (Å²) in [6.45, 7) is 6.81. The molecule has 0 aromatic carbocycles. The number of pyridine rings is 1. The second kappa shape index (κ2) is 6.52. The molecular formula is C15H23N5. The number of nitrogens with zero attached hydrogens (tertiary/aromatic N) is 4. The third-order valence-corrected chi connectivity index (χ3v) is 3.37. The molecule has 2 rings (SSSR count). The molecule has 0 aliphatic rings. The van der Waals surface area contributed by atoms with E-state index in [-0.39, 0.29) is 0 Å². The van der Waals surface area contributed by atoms with Crippen LogP contribution in [-0.2, 0) is 20.1 Å². The molecule has 1 N–H and O–H groups in total. The summed E-state index contributed by atoms with van der Waals surface area (Å²) in [5.41, 5.74) is 3.55. The van der Waals surface area contributed by atoms with Crippen molar-refractivity contribution in [2.24, 2.45) is 7.05 Å². The average Bonchev–Trinajstić information content (AvgIpc) is 2.71. The van der Waals surface area contributed by atoms with Crippen LogP contribution in [0.25, 0.3) is 0 Å². The quantitative estimate of drug-likeness (QED) is 0.873. The number of hydrogen-bond donors (Lipinski definition) is 1. The molecule has 0 amide bonds. The number of hydrogen-bond acceptors (Lipinski definition) is 4. The number of aryl methyl sites for hydroxylation is 2. The maximum atomic E-state index is 4.55. The highest BCUT2D eigenvalue weighted by Gasteiger charge is 2.16. The Morgan fingerprint density at radius 1 is 1.40 bits per heavy atom. The lowest BCUT2D eigenvalue weighted by Gasteiger charge is -2.21. The highest BCUT2D eigenvalue weighted by molar-refractivity contribution is 5.50. The SMILES string of the molecule is CCNCc1c(C)nn(C)c1N(C)Cc1cccnc1. The minimum Gasteiger partial charge on any atom is -0.355 e. The molecule has 0 atom stereocenters. The summed E-state index contributed by atoms with van der Waals surface area (Å²) in [4.78, 5) is 6.40. The Hall–Kier alpha value is -1.88. The molecule has 5 heteroatoms. The predicted octanol–water partition coefficient (Wildman–Crippen LogP) is 1.87. The predicted molar refractivity (Wildman–Crippen MR) is 81.7 cm³/mol. The fourth-order valence-electron chi connectivity index (χ4n) is 2.46. The smallest absolute Gasteiger partial charge is 0.131 e. The first-order valence-electron chi connectivity index (χ1n) is 6.96. The fourth-order valence-corrected chi connectivity index (χ4v) is 2.46. The summed E-state index contributed by atoms with van der Waals surface area (Å²) in [5, 5.41) is 7.93. The third kappa shape index (κ3) is 3.17. The van der Waals surface area contributed by atoms with Crippen molar-refractivity contribution in [3.63, 3.8) is 0 Å². The first kappa shape index (κ1) is 14.5. The zero-order valence-corrected chi connectivity index (χ0v) is 12.7. The van der Waals surface area contributed by atoms with Crippen molar-refractivity contribution >= 4 is 5.82 Å². The van der Waals surface area contributed by atoms with Crippen molar-refractivity contribution in [3.8, 4) is 0 Å². The van der Waals surface area contributed by atoms with Gasteiger partial charge in [-0.25, -0.2) is 0 Å². The van der Waals surface area contributed by atoms with Crippen LogP contribution in [0.2, 0.25) is 0 Å². The Morgan fingerprint density at radius 3 is 2.85 bits per heavy atom. The molecule has 0 aliphatic carbocycles. The van der Waals surface area contributed by atoms with Crippen LogP contribution in [0.1, 0.15) is 23.7 Å². The normalized spacial score (nSPS) is 10.8. The van der Waals surface area contributed by atoms with E-state index in [1.165, 1.54) is 11.1 Å². The van der Waals surface area contributed by atoms with Gasteiger partial charge < -0.3 is 10.2 Å². The van der Waals surface area contributed by atoms with Gasteiger partial charge in [-0.2, -0.15) is 5.10 Å².